The molecular weight excluding hydrogens is 352 g/mol. The van der Waals surface area contributed by atoms with Gasteiger partial charge in [0, 0.05) is 26.2 Å². The average Bonchev–Trinajstić information content (AvgIpc) is 3.15. The Morgan fingerprint density at radius 1 is 1.21 bits per heavy atom. The highest BCUT2D eigenvalue weighted by atomic mass is 16.5. The molecule has 28 heavy (non-hydrogen) atoms. The molecule has 3 atom stereocenters. The van der Waals surface area contributed by atoms with Gasteiger partial charge in [0.25, 0.3) is 0 Å². The molecule has 2 aliphatic rings. The van der Waals surface area contributed by atoms with Crippen molar-refractivity contribution in [2.75, 3.05) is 13.1 Å². The van der Waals surface area contributed by atoms with Gasteiger partial charge in [-0.1, -0.05) is 24.3 Å². The first-order valence-electron chi connectivity index (χ1n) is 10.3. The van der Waals surface area contributed by atoms with Crippen molar-refractivity contribution >= 4 is 5.91 Å². The topological polar surface area (TPSA) is 70.2 Å². The lowest BCUT2D eigenvalue weighted by Gasteiger charge is -2.35. The van der Waals surface area contributed by atoms with Crippen LogP contribution in [0.25, 0.3) is 0 Å². The normalized spacial score (nSPS) is 25.3. The van der Waals surface area contributed by atoms with Crippen molar-refractivity contribution in [3.63, 3.8) is 0 Å². The first kappa shape index (κ1) is 19.2. The minimum absolute atomic E-state index is 0.0885. The van der Waals surface area contributed by atoms with E-state index in [1.54, 1.807) is 0 Å². The van der Waals surface area contributed by atoms with E-state index < -0.39 is 0 Å². The summed E-state index contributed by atoms with van der Waals surface area (Å²) in [7, 11) is 0. The third kappa shape index (κ3) is 4.45. The number of fused-ring (bicyclic) bond motifs is 1. The fraction of sp³-hybridized carbons (Fsp3) is 0.545. The maximum Gasteiger partial charge on any atom is 0.229 e. The summed E-state index contributed by atoms with van der Waals surface area (Å²) < 4.78 is 5.81. The Kier molecular flexibility index (Phi) is 5.78. The quantitative estimate of drug-likeness (QED) is 0.834. The summed E-state index contributed by atoms with van der Waals surface area (Å²) in [4.78, 5) is 15.1. The molecule has 6 nitrogen and oxygen atoms in total. The number of morpholine rings is 1. The fourth-order valence-electron chi connectivity index (χ4n) is 4.47. The molecule has 2 aromatic rings. The van der Waals surface area contributed by atoms with Gasteiger partial charge in [-0.15, -0.1) is 0 Å². The molecule has 1 aliphatic carbocycles. The second-order valence-electron chi connectivity index (χ2n) is 8.24. The predicted octanol–water partition coefficient (Wildman–Crippen LogP) is 2.76. The number of nitrogens with one attached hydrogen (secondary N) is 2. The number of carbonyl (C=O) groups is 1. The third-order valence-corrected chi connectivity index (χ3v) is 5.75. The van der Waals surface area contributed by atoms with Crippen LogP contribution in [0.5, 0.6) is 0 Å². The summed E-state index contributed by atoms with van der Waals surface area (Å²) in [6.45, 7) is 7.71. The Labute approximate surface area is 166 Å². The van der Waals surface area contributed by atoms with Crippen LogP contribution in [-0.4, -0.2) is 46.3 Å². The van der Waals surface area contributed by atoms with Crippen molar-refractivity contribution in [2.45, 2.75) is 64.3 Å². The monoisotopic (exact) mass is 382 g/mol. The summed E-state index contributed by atoms with van der Waals surface area (Å²) in [6.07, 6.45) is 5.36. The molecule has 1 fully saturated rings. The zero-order valence-electron chi connectivity index (χ0n) is 16.8. The smallest absolute Gasteiger partial charge is 0.229 e. The lowest BCUT2D eigenvalue weighted by molar-refractivity contribution is -0.123. The maximum atomic E-state index is 12.6. The van der Waals surface area contributed by atoms with E-state index in [0.29, 0.717) is 6.54 Å². The first-order valence-corrected chi connectivity index (χ1v) is 10.3. The van der Waals surface area contributed by atoms with Crippen molar-refractivity contribution in [3.8, 4) is 0 Å². The molecule has 0 spiro atoms. The zero-order chi connectivity index (χ0) is 19.5. The summed E-state index contributed by atoms with van der Waals surface area (Å²) in [5.41, 5.74) is 4.60. The van der Waals surface area contributed by atoms with Gasteiger partial charge in [0.1, 0.15) is 0 Å². The third-order valence-electron chi connectivity index (χ3n) is 5.75. The van der Waals surface area contributed by atoms with Crippen molar-refractivity contribution in [2.24, 2.45) is 0 Å². The number of aromatic nitrogens is 2. The molecule has 1 aromatic heterocycles. The minimum atomic E-state index is -0.101. The highest BCUT2D eigenvalue weighted by molar-refractivity contribution is 5.83. The van der Waals surface area contributed by atoms with Crippen LogP contribution in [0.3, 0.4) is 0 Å². The Morgan fingerprint density at radius 2 is 1.93 bits per heavy atom. The molecule has 150 valence electrons. The Bertz CT molecular complexity index is 791. The lowest BCUT2D eigenvalue weighted by atomic mass is 9.87. The molecule has 0 saturated carbocycles. The molecule has 1 aromatic carbocycles. The van der Waals surface area contributed by atoms with Gasteiger partial charge < -0.3 is 10.1 Å². The molecule has 1 amide bonds. The number of ether oxygens (including phenoxy) is 1. The number of benzene rings is 1. The Hall–Kier alpha value is -2.18. The van der Waals surface area contributed by atoms with Crippen LogP contribution >= 0.6 is 0 Å². The fourth-order valence-corrected chi connectivity index (χ4v) is 4.47. The van der Waals surface area contributed by atoms with E-state index >= 15 is 0 Å². The number of amides is 1. The highest BCUT2D eigenvalue weighted by Crippen LogP contribution is 2.29. The molecule has 2 heterocycles. The van der Waals surface area contributed by atoms with Crippen LogP contribution in [0.2, 0.25) is 0 Å². The van der Waals surface area contributed by atoms with Crippen molar-refractivity contribution in [1.29, 1.82) is 0 Å². The van der Waals surface area contributed by atoms with Crippen molar-refractivity contribution in [1.82, 2.24) is 20.4 Å². The molecule has 1 aliphatic heterocycles. The van der Waals surface area contributed by atoms with Crippen LogP contribution in [0, 0.1) is 0 Å². The second kappa shape index (κ2) is 8.45. The number of H-pyrrole nitrogens is 1. The van der Waals surface area contributed by atoms with Gasteiger partial charge in [0.05, 0.1) is 30.0 Å². The van der Waals surface area contributed by atoms with Crippen molar-refractivity contribution in [3.05, 3.63) is 52.8 Å². The Balaban J connectivity index is 1.30. The van der Waals surface area contributed by atoms with Gasteiger partial charge in [-0.2, -0.15) is 5.10 Å². The SMILES string of the molecule is C[C@@H]1CN(Cc2ccc(CNC(=O)[C@H]3CCCc4cn[nH]c43)cc2)C[C@@H](C)O1. The lowest BCUT2D eigenvalue weighted by Crippen LogP contribution is -2.44. The number of rotatable bonds is 5. The van der Waals surface area contributed by atoms with E-state index in [0.717, 1.165) is 50.2 Å². The van der Waals surface area contributed by atoms with E-state index in [-0.39, 0.29) is 24.0 Å². The number of nitrogens with zero attached hydrogens (tertiary/aromatic N) is 2. The van der Waals surface area contributed by atoms with E-state index in [1.165, 1.54) is 11.1 Å². The van der Waals surface area contributed by atoms with Crippen LogP contribution < -0.4 is 5.32 Å². The van der Waals surface area contributed by atoms with Crippen molar-refractivity contribution < 1.29 is 9.53 Å². The predicted molar refractivity (Wildman–Crippen MR) is 108 cm³/mol. The summed E-state index contributed by atoms with van der Waals surface area (Å²) in [5, 5.41) is 10.2. The molecule has 0 radical (unpaired) electrons. The number of hydrogen-bond acceptors (Lipinski definition) is 4. The maximum absolute atomic E-state index is 12.6. The molecule has 2 N–H and O–H groups in total. The molecular formula is C22H30N4O2. The van der Waals surface area contributed by atoms with Crippen LogP contribution in [0.1, 0.15) is 55.0 Å². The number of aromatic amines is 1. The van der Waals surface area contributed by atoms with Gasteiger partial charge in [0.15, 0.2) is 0 Å². The molecule has 6 heteroatoms. The number of aryl methyl sites for hydroxylation is 1. The van der Waals surface area contributed by atoms with Gasteiger partial charge in [-0.3, -0.25) is 14.8 Å². The zero-order valence-corrected chi connectivity index (χ0v) is 16.8. The summed E-state index contributed by atoms with van der Waals surface area (Å²) >= 11 is 0. The van der Waals surface area contributed by atoms with E-state index in [2.05, 4.69) is 58.5 Å². The standard InChI is InChI=1S/C22H30N4O2/c1-15-12-26(13-16(2)28-15)14-18-8-6-17(7-9-18)10-23-22(27)20-5-3-4-19-11-24-25-21(19)20/h6-9,11,15-16,20H,3-5,10,12-14H2,1-2H3,(H,23,27)(H,24,25)/t15-,16-,20+/m1/s1. The van der Waals surface area contributed by atoms with Gasteiger partial charge in [-0.05, 0) is 49.8 Å². The summed E-state index contributed by atoms with van der Waals surface area (Å²) in [5.74, 6) is -0.0126. The number of carbonyl (C=O) groups excluding carboxylic acids is 1. The molecule has 0 bridgehead atoms. The van der Waals surface area contributed by atoms with Crippen LogP contribution in [-0.2, 0) is 29.0 Å². The van der Waals surface area contributed by atoms with Gasteiger partial charge in [0.2, 0.25) is 5.91 Å². The summed E-state index contributed by atoms with van der Waals surface area (Å²) in [6, 6.07) is 8.57. The minimum Gasteiger partial charge on any atom is -0.373 e. The second-order valence-corrected chi connectivity index (χ2v) is 8.24. The molecule has 1 saturated heterocycles. The largest absolute Gasteiger partial charge is 0.373 e. The first-order chi connectivity index (χ1) is 13.6. The van der Waals surface area contributed by atoms with Gasteiger partial charge >= 0.3 is 0 Å². The highest BCUT2D eigenvalue weighted by Gasteiger charge is 2.28. The van der Waals surface area contributed by atoms with Crippen LogP contribution in [0.15, 0.2) is 30.5 Å². The molecule has 0 unspecified atom stereocenters. The van der Waals surface area contributed by atoms with E-state index in [1.807, 2.05) is 6.20 Å². The average molecular weight is 383 g/mol. The van der Waals surface area contributed by atoms with E-state index in [9.17, 15) is 4.79 Å². The Morgan fingerprint density at radius 3 is 2.68 bits per heavy atom. The van der Waals surface area contributed by atoms with E-state index in [4.69, 9.17) is 4.74 Å². The van der Waals surface area contributed by atoms with Crippen LogP contribution in [0.4, 0.5) is 0 Å². The molecule has 4 rings (SSSR count). The number of hydrogen-bond donors (Lipinski definition) is 2. The van der Waals surface area contributed by atoms with Gasteiger partial charge in [-0.25, -0.2) is 0 Å².